The second kappa shape index (κ2) is 3.03. The number of phenols is 1. The predicted molar refractivity (Wildman–Crippen MR) is 48.0 cm³/mol. The third kappa shape index (κ3) is 2.80. The van der Waals surface area contributed by atoms with E-state index in [1.807, 2.05) is 0 Å². The number of anilines is 1. The van der Waals surface area contributed by atoms with E-state index in [2.05, 4.69) is 5.32 Å². The Hall–Kier alpha value is -1.22. The third-order valence-corrected chi connectivity index (χ3v) is 1.32. The van der Waals surface area contributed by atoms with Gasteiger partial charge in [-0.15, -0.1) is 0 Å². The molecule has 3 N–H and O–H groups in total. The molecular weight excluding hydrogens is 154 g/mol. The summed E-state index contributed by atoms with van der Waals surface area (Å²) < 4.78 is 0. The molecule has 0 bridgehead atoms. The molecular formula is C9H13NO2. The molecule has 0 aliphatic heterocycles. The number of rotatable bonds is 2. The number of hydrogen-bond acceptors (Lipinski definition) is 3. The average Bonchev–Trinajstić information content (AvgIpc) is 1.91. The van der Waals surface area contributed by atoms with Crippen LogP contribution in [-0.2, 0) is 0 Å². The molecule has 1 rings (SSSR count). The molecule has 0 heterocycles. The van der Waals surface area contributed by atoms with Crippen molar-refractivity contribution in [3.05, 3.63) is 24.3 Å². The zero-order valence-corrected chi connectivity index (χ0v) is 7.20. The predicted octanol–water partition coefficient (Wildman–Crippen LogP) is 1.53. The standard InChI is InChI=1S/C9H13NO2/c1-9(2,12)10-7-3-5-8(11)6-4-7/h3-6,10-12H,1-2H3. The second-order valence-corrected chi connectivity index (χ2v) is 3.23. The summed E-state index contributed by atoms with van der Waals surface area (Å²) >= 11 is 0. The Kier molecular flexibility index (Phi) is 2.24. The smallest absolute Gasteiger partial charge is 0.129 e. The van der Waals surface area contributed by atoms with Crippen molar-refractivity contribution in [2.24, 2.45) is 0 Å². The lowest BCUT2D eigenvalue weighted by atomic mass is 10.2. The minimum absolute atomic E-state index is 0.219. The molecule has 0 aromatic heterocycles. The number of nitrogens with one attached hydrogen (secondary N) is 1. The van der Waals surface area contributed by atoms with Crippen LogP contribution in [0.25, 0.3) is 0 Å². The fraction of sp³-hybridized carbons (Fsp3) is 0.333. The van der Waals surface area contributed by atoms with Crippen LogP contribution in [0.1, 0.15) is 13.8 Å². The van der Waals surface area contributed by atoms with Gasteiger partial charge in [0.2, 0.25) is 0 Å². The van der Waals surface area contributed by atoms with E-state index in [9.17, 15) is 5.11 Å². The van der Waals surface area contributed by atoms with Gasteiger partial charge in [0, 0.05) is 5.69 Å². The van der Waals surface area contributed by atoms with Crippen molar-refractivity contribution in [1.82, 2.24) is 0 Å². The van der Waals surface area contributed by atoms with E-state index in [4.69, 9.17) is 5.11 Å². The van der Waals surface area contributed by atoms with Crippen molar-refractivity contribution in [1.29, 1.82) is 0 Å². The highest BCUT2D eigenvalue weighted by molar-refractivity contribution is 5.46. The summed E-state index contributed by atoms with van der Waals surface area (Å²) in [5, 5.41) is 21.2. The number of benzene rings is 1. The molecule has 1 aromatic rings. The highest BCUT2D eigenvalue weighted by Crippen LogP contribution is 2.16. The van der Waals surface area contributed by atoms with Gasteiger partial charge in [0.05, 0.1) is 0 Å². The molecule has 0 radical (unpaired) electrons. The molecule has 0 fully saturated rings. The van der Waals surface area contributed by atoms with Crippen LogP contribution in [0.4, 0.5) is 5.69 Å². The molecule has 66 valence electrons. The van der Waals surface area contributed by atoms with Crippen LogP contribution in [0.2, 0.25) is 0 Å². The molecule has 0 saturated heterocycles. The molecule has 0 aliphatic rings. The van der Waals surface area contributed by atoms with Crippen LogP contribution in [-0.4, -0.2) is 15.9 Å². The van der Waals surface area contributed by atoms with E-state index < -0.39 is 5.72 Å². The van der Waals surface area contributed by atoms with Gasteiger partial charge in [-0.05, 0) is 38.1 Å². The summed E-state index contributed by atoms with van der Waals surface area (Å²) in [4.78, 5) is 0. The lowest BCUT2D eigenvalue weighted by molar-refractivity contribution is 0.111. The molecule has 0 aliphatic carbocycles. The van der Waals surface area contributed by atoms with E-state index in [1.165, 1.54) is 0 Å². The minimum atomic E-state index is -0.934. The SMILES string of the molecule is CC(C)(O)Nc1ccc(O)cc1. The molecule has 12 heavy (non-hydrogen) atoms. The number of phenolic OH excluding ortho intramolecular Hbond substituents is 1. The highest BCUT2D eigenvalue weighted by Gasteiger charge is 2.10. The van der Waals surface area contributed by atoms with Gasteiger partial charge in [0.15, 0.2) is 0 Å². The van der Waals surface area contributed by atoms with Crippen LogP contribution in [0.3, 0.4) is 0 Å². The monoisotopic (exact) mass is 167 g/mol. The summed E-state index contributed by atoms with van der Waals surface area (Å²) in [7, 11) is 0. The Balaban J connectivity index is 2.71. The molecule has 1 aromatic carbocycles. The van der Waals surface area contributed by atoms with Crippen molar-refractivity contribution in [2.75, 3.05) is 5.32 Å². The van der Waals surface area contributed by atoms with Crippen LogP contribution in [0.5, 0.6) is 5.75 Å². The van der Waals surface area contributed by atoms with Crippen molar-refractivity contribution in [2.45, 2.75) is 19.6 Å². The average molecular weight is 167 g/mol. The lowest BCUT2D eigenvalue weighted by Crippen LogP contribution is -2.29. The minimum Gasteiger partial charge on any atom is -0.508 e. The highest BCUT2D eigenvalue weighted by atomic mass is 16.3. The molecule has 0 unspecified atom stereocenters. The summed E-state index contributed by atoms with van der Waals surface area (Å²) in [6, 6.07) is 6.53. The Morgan fingerprint density at radius 3 is 2.08 bits per heavy atom. The summed E-state index contributed by atoms with van der Waals surface area (Å²) in [5.74, 6) is 0.219. The number of aliphatic hydroxyl groups is 1. The zero-order chi connectivity index (χ0) is 9.19. The largest absolute Gasteiger partial charge is 0.508 e. The van der Waals surface area contributed by atoms with Crippen LogP contribution >= 0.6 is 0 Å². The van der Waals surface area contributed by atoms with E-state index in [1.54, 1.807) is 38.1 Å². The molecule has 0 atom stereocenters. The van der Waals surface area contributed by atoms with Crippen LogP contribution in [0.15, 0.2) is 24.3 Å². The Morgan fingerprint density at radius 2 is 1.67 bits per heavy atom. The van der Waals surface area contributed by atoms with E-state index in [-0.39, 0.29) is 5.75 Å². The van der Waals surface area contributed by atoms with Crippen molar-refractivity contribution in [3.63, 3.8) is 0 Å². The molecule has 3 heteroatoms. The van der Waals surface area contributed by atoms with Gasteiger partial charge in [0.25, 0.3) is 0 Å². The zero-order valence-electron chi connectivity index (χ0n) is 7.20. The van der Waals surface area contributed by atoms with Gasteiger partial charge in [-0.2, -0.15) is 0 Å². The summed E-state index contributed by atoms with van der Waals surface area (Å²) in [6.45, 7) is 3.31. The van der Waals surface area contributed by atoms with Crippen molar-refractivity contribution in [3.8, 4) is 5.75 Å². The van der Waals surface area contributed by atoms with E-state index >= 15 is 0 Å². The lowest BCUT2D eigenvalue weighted by Gasteiger charge is -2.20. The van der Waals surface area contributed by atoms with Gasteiger partial charge >= 0.3 is 0 Å². The Morgan fingerprint density at radius 1 is 1.17 bits per heavy atom. The number of aromatic hydroxyl groups is 1. The summed E-state index contributed by atoms with van der Waals surface area (Å²) in [5.41, 5.74) is -0.156. The van der Waals surface area contributed by atoms with Crippen molar-refractivity contribution < 1.29 is 10.2 Å². The first-order valence-corrected chi connectivity index (χ1v) is 3.77. The molecule has 3 nitrogen and oxygen atoms in total. The maximum atomic E-state index is 9.37. The van der Waals surface area contributed by atoms with Crippen molar-refractivity contribution >= 4 is 5.69 Å². The maximum Gasteiger partial charge on any atom is 0.129 e. The van der Waals surface area contributed by atoms with Gasteiger partial charge < -0.3 is 15.5 Å². The molecule has 0 spiro atoms. The van der Waals surface area contributed by atoms with Gasteiger partial charge in [-0.25, -0.2) is 0 Å². The molecule has 0 saturated carbocycles. The number of hydrogen-bond donors (Lipinski definition) is 3. The van der Waals surface area contributed by atoms with Gasteiger partial charge in [-0.3, -0.25) is 0 Å². The quantitative estimate of drug-likeness (QED) is 0.462. The van der Waals surface area contributed by atoms with E-state index in [0.29, 0.717) is 0 Å². The Bertz CT molecular complexity index is 248. The molecule has 0 amide bonds. The van der Waals surface area contributed by atoms with Gasteiger partial charge in [0.1, 0.15) is 11.5 Å². The van der Waals surface area contributed by atoms with Gasteiger partial charge in [-0.1, -0.05) is 0 Å². The van der Waals surface area contributed by atoms with E-state index in [0.717, 1.165) is 5.69 Å². The van der Waals surface area contributed by atoms with Crippen LogP contribution in [0, 0.1) is 0 Å². The fourth-order valence-corrected chi connectivity index (χ4v) is 0.898. The van der Waals surface area contributed by atoms with Crippen LogP contribution < -0.4 is 5.32 Å². The normalized spacial score (nSPS) is 11.2. The Labute approximate surface area is 71.7 Å². The first kappa shape index (κ1) is 8.87. The first-order valence-electron chi connectivity index (χ1n) is 3.77. The maximum absolute atomic E-state index is 9.37. The topological polar surface area (TPSA) is 52.5 Å². The third-order valence-electron chi connectivity index (χ3n) is 1.32. The first-order chi connectivity index (χ1) is 5.47. The fourth-order valence-electron chi connectivity index (χ4n) is 0.898. The second-order valence-electron chi connectivity index (χ2n) is 3.23. The summed E-state index contributed by atoms with van der Waals surface area (Å²) in [6.07, 6.45) is 0.